The molecule has 5 nitrogen and oxygen atoms in total. The topological polar surface area (TPSA) is 78.8 Å². The van der Waals surface area contributed by atoms with E-state index in [2.05, 4.69) is 5.32 Å². The monoisotopic (exact) mass is 327 g/mol. The van der Waals surface area contributed by atoms with Crippen LogP contribution in [0.3, 0.4) is 0 Å². The van der Waals surface area contributed by atoms with E-state index >= 15 is 0 Å². The number of ether oxygens (including phenoxy) is 1. The van der Waals surface area contributed by atoms with Gasteiger partial charge in [-0.1, -0.05) is 11.8 Å². The van der Waals surface area contributed by atoms with E-state index < -0.39 is 12.2 Å². The molecule has 5 atom stereocenters. The molecule has 2 aliphatic rings. The van der Waals surface area contributed by atoms with Crippen LogP contribution in [0.25, 0.3) is 0 Å². The lowest BCUT2D eigenvalue weighted by Gasteiger charge is -2.17. The molecule has 0 aliphatic carbocycles. The minimum Gasteiger partial charge on any atom is -0.390 e. The molecule has 0 radical (unpaired) electrons. The fourth-order valence-electron chi connectivity index (χ4n) is 2.52. The zero-order valence-corrected chi connectivity index (χ0v) is 13.1. The quantitative estimate of drug-likeness (QED) is 0.777. The van der Waals surface area contributed by atoms with E-state index in [4.69, 9.17) is 4.74 Å². The first kappa shape index (κ1) is 15.2. The maximum Gasteiger partial charge on any atom is 0.221 e. The van der Waals surface area contributed by atoms with Gasteiger partial charge in [0.05, 0.1) is 11.4 Å². The van der Waals surface area contributed by atoms with Crippen molar-refractivity contribution in [2.24, 2.45) is 0 Å². The van der Waals surface area contributed by atoms with Gasteiger partial charge in [0.1, 0.15) is 17.6 Å². The third-order valence-corrected chi connectivity index (χ3v) is 6.13. The molecule has 1 aromatic rings. The predicted molar refractivity (Wildman–Crippen MR) is 83.5 cm³/mol. The van der Waals surface area contributed by atoms with Gasteiger partial charge in [0, 0.05) is 23.3 Å². The standard InChI is InChI=1S/C14H17NO4S2/c1-7(16)15-8-2-4-9(5-3-8)21-14-11(18)13-12(19-14)10(17)6-20-13/h2-5,10-14,17-18H,6H2,1H3,(H,15,16)/t10-,11-,12-,13-,14+/m1/s1. The highest BCUT2D eigenvalue weighted by molar-refractivity contribution is 8.01. The lowest BCUT2D eigenvalue weighted by atomic mass is 10.1. The molecule has 1 amide bonds. The fraction of sp³-hybridized carbons (Fsp3) is 0.500. The molecular weight excluding hydrogens is 310 g/mol. The van der Waals surface area contributed by atoms with Gasteiger partial charge in [0.15, 0.2) is 0 Å². The molecule has 7 heteroatoms. The summed E-state index contributed by atoms with van der Waals surface area (Å²) in [6, 6.07) is 7.39. The van der Waals surface area contributed by atoms with E-state index in [1.165, 1.54) is 18.7 Å². The van der Waals surface area contributed by atoms with Crippen molar-refractivity contribution in [1.29, 1.82) is 0 Å². The van der Waals surface area contributed by atoms with Gasteiger partial charge in [-0.2, -0.15) is 11.8 Å². The summed E-state index contributed by atoms with van der Waals surface area (Å²) in [5.74, 6) is 0.513. The first-order valence-corrected chi connectivity index (χ1v) is 8.65. The first-order chi connectivity index (χ1) is 10.0. The molecule has 114 valence electrons. The van der Waals surface area contributed by atoms with Crippen molar-refractivity contribution in [1.82, 2.24) is 0 Å². The third kappa shape index (κ3) is 3.22. The molecule has 2 heterocycles. The smallest absolute Gasteiger partial charge is 0.221 e. The molecule has 1 aromatic carbocycles. The minimum absolute atomic E-state index is 0.0452. The van der Waals surface area contributed by atoms with Crippen LogP contribution in [0.2, 0.25) is 0 Å². The average Bonchev–Trinajstić information content (AvgIpc) is 2.94. The summed E-state index contributed by atoms with van der Waals surface area (Å²) in [5, 5.41) is 22.8. The van der Waals surface area contributed by atoms with Gasteiger partial charge in [0.25, 0.3) is 0 Å². The number of nitrogens with one attached hydrogen (secondary N) is 1. The highest BCUT2D eigenvalue weighted by Crippen LogP contribution is 2.44. The molecule has 0 saturated carbocycles. The van der Waals surface area contributed by atoms with E-state index in [0.29, 0.717) is 5.75 Å². The Balaban J connectivity index is 1.63. The lowest BCUT2D eigenvalue weighted by molar-refractivity contribution is -0.114. The van der Waals surface area contributed by atoms with E-state index in [0.717, 1.165) is 10.6 Å². The molecule has 2 fully saturated rings. The molecule has 0 unspecified atom stereocenters. The number of amides is 1. The van der Waals surface area contributed by atoms with Crippen molar-refractivity contribution >= 4 is 35.1 Å². The summed E-state index contributed by atoms with van der Waals surface area (Å²) in [6.07, 6.45) is -1.36. The Morgan fingerprint density at radius 2 is 2.10 bits per heavy atom. The maximum atomic E-state index is 11.0. The molecule has 0 bridgehead atoms. The zero-order valence-electron chi connectivity index (χ0n) is 11.4. The van der Waals surface area contributed by atoms with Crippen LogP contribution in [0.15, 0.2) is 29.2 Å². The third-order valence-electron chi connectivity index (χ3n) is 3.50. The van der Waals surface area contributed by atoms with Crippen molar-refractivity contribution in [2.75, 3.05) is 11.1 Å². The number of rotatable bonds is 3. The fourth-order valence-corrected chi connectivity index (χ4v) is 5.06. The van der Waals surface area contributed by atoms with Crippen LogP contribution < -0.4 is 5.32 Å². The molecule has 2 aliphatic heterocycles. The van der Waals surface area contributed by atoms with Gasteiger partial charge in [0.2, 0.25) is 5.91 Å². The van der Waals surface area contributed by atoms with Crippen molar-refractivity contribution < 1.29 is 19.7 Å². The van der Waals surface area contributed by atoms with E-state index in [-0.39, 0.29) is 22.7 Å². The molecule has 3 rings (SSSR count). The Hall–Kier alpha value is -0.730. The summed E-state index contributed by atoms with van der Waals surface area (Å²) in [5.41, 5.74) is 0.372. The van der Waals surface area contributed by atoms with Crippen molar-refractivity contribution in [3.63, 3.8) is 0 Å². The number of anilines is 1. The van der Waals surface area contributed by atoms with Crippen LogP contribution in [0.4, 0.5) is 5.69 Å². The first-order valence-electron chi connectivity index (χ1n) is 6.72. The summed E-state index contributed by atoms with van der Waals surface area (Å²) in [4.78, 5) is 11.9. The van der Waals surface area contributed by atoms with Crippen molar-refractivity contribution in [3.05, 3.63) is 24.3 Å². The summed E-state index contributed by atoms with van der Waals surface area (Å²) >= 11 is 3.00. The Labute approximate surface area is 131 Å². The van der Waals surface area contributed by atoms with Gasteiger partial charge in [-0.25, -0.2) is 0 Å². The Bertz CT molecular complexity index is 524. The van der Waals surface area contributed by atoms with Gasteiger partial charge >= 0.3 is 0 Å². The predicted octanol–water partition coefficient (Wildman–Crippen LogP) is 1.30. The maximum absolute atomic E-state index is 11.0. The zero-order chi connectivity index (χ0) is 15.0. The van der Waals surface area contributed by atoms with Gasteiger partial charge in [-0.05, 0) is 24.3 Å². The minimum atomic E-state index is -0.586. The van der Waals surface area contributed by atoms with Crippen molar-refractivity contribution in [2.45, 2.75) is 40.8 Å². The largest absolute Gasteiger partial charge is 0.390 e. The molecule has 21 heavy (non-hydrogen) atoms. The average molecular weight is 327 g/mol. The van der Waals surface area contributed by atoms with Crippen LogP contribution in [0.1, 0.15) is 6.92 Å². The molecule has 0 spiro atoms. The number of benzene rings is 1. The second-order valence-corrected chi connectivity index (χ2v) is 7.53. The number of carbonyl (C=O) groups excluding carboxylic acids is 1. The molecule has 3 N–H and O–H groups in total. The second kappa shape index (κ2) is 6.18. The number of thioether (sulfide) groups is 2. The highest BCUT2D eigenvalue weighted by Gasteiger charge is 2.51. The van der Waals surface area contributed by atoms with Crippen LogP contribution in [-0.2, 0) is 9.53 Å². The van der Waals surface area contributed by atoms with Crippen LogP contribution in [0, 0.1) is 0 Å². The van der Waals surface area contributed by atoms with E-state index in [1.807, 2.05) is 24.3 Å². The summed E-state index contributed by atoms with van der Waals surface area (Å²) in [7, 11) is 0. The number of hydrogen-bond acceptors (Lipinski definition) is 6. The number of fused-ring (bicyclic) bond motifs is 1. The number of aliphatic hydroxyl groups is 2. The molecule has 0 aromatic heterocycles. The number of carbonyl (C=O) groups is 1. The van der Waals surface area contributed by atoms with Crippen LogP contribution in [-0.4, -0.2) is 50.9 Å². The van der Waals surface area contributed by atoms with Crippen molar-refractivity contribution in [3.8, 4) is 0 Å². The van der Waals surface area contributed by atoms with E-state index in [1.54, 1.807) is 11.8 Å². The summed E-state index contributed by atoms with van der Waals surface area (Å²) in [6.45, 7) is 1.47. The Morgan fingerprint density at radius 3 is 2.71 bits per heavy atom. The second-order valence-electron chi connectivity index (χ2n) is 5.15. The normalized spacial score (nSPS) is 34.7. The van der Waals surface area contributed by atoms with Gasteiger partial charge in [-0.3, -0.25) is 4.79 Å². The van der Waals surface area contributed by atoms with Gasteiger partial charge < -0.3 is 20.3 Å². The SMILES string of the molecule is CC(=O)Nc1ccc(S[C@@H]2O[C@H]3[C@H](SC[C@H]3O)[C@H]2O)cc1. The number of aliphatic hydroxyl groups excluding tert-OH is 2. The summed E-state index contributed by atoms with van der Waals surface area (Å²) < 4.78 is 5.78. The number of hydrogen-bond donors (Lipinski definition) is 3. The van der Waals surface area contributed by atoms with Crippen LogP contribution in [0.5, 0.6) is 0 Å². The van der Waals surface area contributed by atoms with Gasteiger partial charge in [-0.15, -0.1) is 0 Å². The Morgan fingerprint density at radius 1 is 1.38 bits per heavy atom. The lowest BCUT2D eigenvalue weighted by Crippen LogP contribution is -2.29. The van der Waals surface area contributed by atoms with Crippen LogP contribution >= 0.6 is 23.5 Å². The Kier molecular flexibility index (Phi) is 4.46. The highest BCUT2D eigenvalue weighted by atomic mass is 32.2. The van der Waals surface area contributed by atoms with E-state index in [9.17, 15) is 15.0 Å². The molecular formula is C14H17NO4S2. The molecule has 2 saturated heterocycles.